The minimum atomic E-state index is -3.71. The first kappa shape index (κ1) is 23.5. The van der Waals surface area contributed by atoms with Gasteiger partial charge < -0.3 is 5.32 Å². The maximum absolute atomic E-state index is 12.8. The number of benzene rings is 1. The molecule has 2 aromatic heterocycles. The number of aromatic nitrogens is 2. The van der Waals surface area contributed by atoms with Crippen molar-refractivity contribution in [1.29, 1.82) is 0 Å². The molecule has 166 valence electrons. The fraction of sp³-hybridized carbons (Fsp3) is 0.350. The standard InChI is InChI=1S/C20H24N4O4S3/c1-3-13(2)24-19(26)18-16(9-11-29-18)23-20(24)30-12-17(25)22-10-8-14-4-6-15(7-5-14)31(21,27)28/h4-7,9,11,13H,3,8,10,12H2,1-2H3,(H,22,25)(H2,21,27,28)/t13-/m0/s1. The van der Waals surface area contributed by atoms with E-state index in [0.717, 1.165) is 12.0 Å². The van der Waals surface area contributed by atoms with E-state index in [1.807, 2.05) is 25.3 Å². The second-order valence-electron chi connectivity index (χ2n) is 7.04. The summed E-state index contributed by atoms with van der Waals surface area (Å²) in [6.07, 6.45) is 1.33. The summed E-state index contributed by atoms with van der Waals surface area (Å²) in [6, 6.07) is 8.04. The van der Waals surface area contributed by atoms with Crippen LogP contribution in [0.2, 0.25) is 0 Å². The SMILES string of the molecule is CC[C@H](C)n1c(SCC(=O)NCCc2ccc(S(N)(=O)=O)cc2)nc2ccsc2c1=O. The Bertz CT molecular complexity index is 1230. The molecule has 3 rings (SSSR count). The van der Waals surface area contributed by atoms with E-state index < -0.39 is 10.0 Å². The van der Waals surface area contributed by atoms with E-state index in [1.54, 1.807) is 16.7 Å². The number of carbonyl (C=O) groups excluding carboxylic acids is 1. The van der Waals surface area contributed by atoms with Gasteiger partial charge in [-0.2, -0.15) is 0 Å². The van der Waals surface area contributed by atoms with Crippen LogP contribution in [0.5, 0.6) is 0 Å². The van der Waals surface area contributed by atoms with Gasteiger partial charge in [-0.3, -0.25) is 14.2 Å². The molecule has 1 atom stereocenters. The summed E-state index contributed by atoms with van der Waals surface area (Å²) in [4.78, 5) is 29.8. The lowest BCUT2D eigenvalue weighted by molar-refractivity contribution is -0.118. The average Bonchev–Trinajstić information content (AvgIpc) is 3.20. The van der Waals surface area contributed by atoms with Crippen LogP contribution in [0.3, 0.4) is 0 Å². The van der Waals surface area contributed by atoms with E-state index in [2.05, 4.69) is 10.3 Å². The molecule has 0 saturated carbocycles. The molecule has 0 saturated heterocycles. The lowest BCUT2D eigenvalue weighted by atomic mass is 10.1. The lowest BCUT2D eigenvalue weighted by Crippen LogP contribution is -2.29. The van der Waals surface area contributed by atoms with Gasteiger partial charge in [0.1, 0.15) is 4.70 Å². The molecule has 0 aliphatic heterocycles. The Morgan fingerprint density at radius 1 is 1.29 bits per heavy atom. The van der Waals surface area contributed by atoms with Crippen LogP contribution in [0, 0.1) is 0 Å². The van der Waals surface area contributed by atoms with Crippen molar-refractivity contribution < 1.29 is 13.2 Å². The highest BCUT2D eigenvalue weighted by molar-refractivity contribution is 7.99. The van der Waals surface area contributed by atoms with E-state index in [9.17, 15) is 18.0 Å². The van der Waals surface area contributed by atoms with Gasteiger partial charge in [-0.15, -0.1) is 11.3 Å². The number of fused-ring (bicyclic) bond motifs is 1. The molecule has 3 N–H and O–H groups in total. The predicted molar refractivity (Wildman–Crippen MR) is 124 cm³/mol. The molecule has 0 bridgehead atoms. The smallest absolute Gasteiger partial charge is 0.272 e. The van der Waals surface area contributed by atoms with Gasteiger partial charge in [-0.25, -0.2) is 18.5 Å². The highest BCUT2D eigenvalue weighted by Gasteiger charge is 2.17. The van der Waals surface area contributed by atoms with Crippen molar-refractivity contribution in [2.24, 2.45) is 5.14 Å². The number of nitrogens with two attached hydrogens (primary N) is 1. The van der Waals surface area contributed by atoms with Gasteiger partial charge >= 0.3 is 0 Å². The zero-order valence-corrected chi connectivity index (χ0v) is 19.6. The Labute approximate surface area is 188 Å². The number of carbonyl (C=O) groups is 1. The topological polar surface area (TPSA) is 124 Å². The minimum absolute atomic E-state index is 0.0163. The van der Waals surface area contributed by atoms with Gasteiger partial charge in [0.05, 0.1) is 16.2 Å². The van der Waals surface area contributed by atoms with Crippen LogP contribution < -0.4 is 16.0 Å². The molecule has 0 aliphatic rings. The van der Waals surface area contributed by atoms with Gasteiger partial charge in [0.15, 0.2) is 5.16 Å². The van der Waals surface area contributed by atoms with Crippen LogP contribution in [0.4, 0.5) is 0 Å². The van der Waals surface area contributed by atoms with Gasteiger partial charge in [-0.05, 0) is 48.9 Å². The van der Waals surface area contributed by atoms with Crippen LogP contribution in [0.25, 0.3) is 10.2 Å². The summed E-state index contributed by atoms with van der Waals surface area (Å²) in [5.41, 5.74) is 1.47. The van der Waals surface area contributed by atoms with Crippen molar-refractivity contribution in [3.63, 3.8) is 0 Å². The summed E-state index contributed by atoms with van der Waals surface area (Å²) in [5.74, 6) is -0.0235. The second-order valence-corrected chi connectivity index (χ2v) is 10.5. The number of primary sulfonamides is 1. The summed E-state index contributed by atoms with van der Waals surface area (Å²) in [5, 5.41) is 10.3. The molecular formula is C20H24N4O4S3. The van der Waals surface area contributed by atoms with Gasteiger partial charge in [-0.1, -0.05) is 30.8 Å². The highest BCUT2D eigenvalue weighted by atomic mass is 32.2. The van der Waals surface area contributed by atoms with E-state index in [-0.39, 0.29) is 28.2 Å². The first-order valence-electron chi connectivity index (χ1n) is 9.71. The summed E-state index contributed by atoms with van der Waals surface area (Å²) in [6.45, 7) is 4.38. The molecule has 3 aromatic rings. The largest absolute Gasteiger partial charge is 0.355 e. The van der Waals surface area contributed by atoms with Gasteiger partial charge in [0.25, 0.3) is 5.56 Å². The van der Waals surface area contributed by atoms with Crippen molar-refractivity contribution >= 4 is 49.2 Å². The molecule has 31 heavy (non-hydrogen) atoms. The number of nitrogens with zero attached hydrogens (tertiary/aromatic N) is 2. The predicted octanol–water partition coefficient (Wildman–Crippen LogP) is 2.53. The maximum Gasteiger partial charge on any atom is 0.272 e. The van der Waals surface area contributed by atoms with Crippen molar-refractivity contribution in [2.75, 3.05) is 12.3 Å². The number of nitrogens with one attached hydrogen (secondary N) is 1. The third-order valence-corrected chi connectivity index (χ3v) is 7.60. The lowest BCUT2D eigenvalue weighted by Gasteiger charge is -2.17. The Balaban J connectivity index is 1.59. The normalized spacial score (nSPS) is 12.7. The number of thiophene rings is 1. The fourth-order valence-corrected chi connectivity index (χ4v) is 5.16. The zero-order chi connectivity index (χ0) is 22.6. The Morgan fingerprint density at radius 2 is 2.00 bits per heavy atom. The first-order valence-corrected chi connectivity index (χ1v) is 13.1. The minimum Gasteiger partial charge on any atom is -0.355 e. The third-order valence-electron chi connectivity index (χ3n) is 4.83. The fourth-order valence-electron chi connectivity index (χ4n) is 2.95. The highest BCUT2D eigenvalue weighted by Crippen LogP contribution is 2.24. The Hall–Kier alpha value is -2.21. The Kier molecular flexibility index (Phi) is 7.52. The van der Waals surface area contributed by atoms with Crippen LogP contribution in [-0.4, -0.2) is 36.2 Å². The first-order chi connectivity index (χ1) is 14.7. The van der Waals surface area contributed by atoms with Crippen molar-refractivity contribution in [1.82, 2.24) is 14.9 Å². The number of thioether (sulfide) groups is 1. The Morgan fingerprint density at radius 3 is 2.65 bits per heavy atom. The number of amides is 1. The van der Waals surface area contributed by atoms with Gasteiger partial charge in [0.2, 0.25) is 15.9 Å². The average molecular weight is 481 g/mol. The van der Waals surface area contributed by atoms with E-state index in [0.29, 0.717) is 28.3 Å². The summed E-state index contributed by atoms with van der Waals surface area (Å²) >= 11 is 2.62. The summed E-state index contributed by atoms with van der Waals surface area (Å²) in [7, 11) is -3.71. The summed E-state index contributed by atoms with van der Waals surface area (Å²) < 4.78 is 24.9. The van der Waals surface area contributed by atoms with Crippen LogP contribution in [-0.2, 0) is 21.2 Å². The molecule has 8 nitrogen and oxygen atoms in total. The van der Waals surface area contributed by atoms with E-state index in [4.69, 9.17) is 5.14 Å². The van der Waals surface area contributed by atoms with Crippen molar-refractivity contribution in [3.8, 4) is 0 Å². The number of rotatable bonds is 9. The molecule has 1 amide bonds. The van der Waals surface area contributed by atoms with Crippen molar-refractivity contribution in [3.05, 3.63) is 51.6 Å². The molecule has 2 heterocycles. The zero-order valence-electron chi connectivity index (χ0n) is 17.2. The molecule has 1 aromatic carbocycles. The second kappa shape index (κ2) is 9.94. The van der Waals surface area contributed by atoms with Crippen LogP contribution in [0.15, 0.2) is 50.6 Å². The molecule has 11 heteroatoms. The molecule has 0 aliphatic carbocycles. The molecule has 0 fully saturated rings. The monoisotopic (exact) mass is 480 g/mol. The number of hydrogen-bond acceptors (Lipinski definition) is 7. The van der Waals surface area contributed by atoms with Crippen molar-refractivity contribution in [2.45, 2.75) is 42.8 Å². The molecule has 0 radical (unpaired) electrons. The maximum atomic E-state index is 12.8. The van der Waals surface area contributed by atoms with E-state index >= 15 is 0 Å². The van der Waals surface area contributed by atoms with E-state index in [1.165, 1.54) is 35.2 Å². The van der Waals surface area contributed by atoms with Crippen LogP contribution >= 0.6 is 23.1 Å². The number of hydrogen-bond donors (Lipinski definition) is 2. The quantitative estimate of drug-likeness (QED) is 0.358. The third kappa shape index (κ3) is 5.73. The molecular weight excluding hydrogens is 456 g/mol. The van der Waals surface area contributed by atoms with Gasteiger partial charge in [0, 0.05) is 12.6 Å². The molecule has 0 spiro atoms. The molecule has 0 unspecified atom stereocenters. The number of sulfonamides is 1. The van der Waals surface area contributed by atoms with Crippen LogP contribution in [0.1, 0.15) is 31.9 Å².